The summed E-state index contributed by atoms with van der Waals surface area (Å²) in [5, 5.41) is 11.5. The van der Waals surface area contributed by atoms with Gasteiger partial charge >= 0.3 is 5.97 Å². The average Bonchev–Trinajstić information content (AvgIpc) is 2.82. The van der Waals surface area contributed by atoms with Crippen LogP contribution in [0.5, 0.6) is 0 Å². The van der Waals surface area contributed by atoms with Crippen LogP contribution in [0.4, 0.5) is 5.69 Å². The first kappa shape index (κ1) is 15.4. The smallest absolute Gasteiger partial charge is 0.338 e. The van der Waals surface area contributed by atoms with E-state index in [1.807, 2.05) is 36.4 Å². The summed E-state index contributed by atoms with van der Waals surface area (Å²) in [5.74, 6) is -0.886. The largest absolute Gasteiger partial charge is 0.478 e. The lowest BCUT2D eigenvalue weighted by atomic mass is 10.1. The molecule has 0 amide bonds. The fraction of sp³-hybridized carbons (Fsp3) is 0.214. The van der Waals surface area contributed by atoms with Gasteiger partial charge in [0.1, 0.15) is 0 Å². The van der Waals surface area contributed by atoms with Crippen LogP contribution in [0.25, 0.3) is 0 Å². The van der Waals surface area contributed by atoms with Gasteiger partial charge < -0.3 is 10.0 Å². The van der Waals surface area contributed by atoms with Gasteiger partial charge in [-0.2, -0.15) is 0 Å². The number of thioether (sulfide) groups is 1. The van der Waals surface area contributed by atoms with Crippen molar-refractivity contribution in [3.8, 4) is 0 Å². The van der Waals surface area contributed by atoms with Crippen LogP contribution < -0.4 is 4.90 Å². The van der Waals surface area contributed by atoms with Crippen molar-refractivity contribution in [3.63, 3.8) is 0 Å². The molecule has 20 heavy (non-hydrogen) atoms. The van der Waals surface area contributed by atoms with E-state index in [-0.39, 0.29) is 0 Å². The third-order valence-electron chi connectivity index (χ3n) is 2.89. The van der Waals surface area contributed by atoms with E-state index in [0.717, 1.165) is 19.9 Å². The number of nitrogens with zero attached hydrogens (tertiary/aromatic N) is 1. The minimum absolute atomic E-state index is 0.372. The molecule has 1 aromatic heterocycles. The Kier molecular flexibility index (Phi) is 5.12. The van der Waals surface area contributed by atoms with Gasteiger partial charge in [0.05, 0.1) is 15.0 Å². The maximum Gasteiger partial charge on any atom is 0.338 e. The zero-order valence-corrected chi connectivity index (χ0v) is 14.3. The molecule has 0 bridgehead atoms. The van der Waals surface area contributed by atoms with Gasteiger partial charge in [-0.05, 0) is 51.3 Å². The molecule has 0 aliphatic heterocycles. The number of hydrogen-bond acceptors (Lipinski definition) is 4. The summed E-state index contributed by atoms with van der Waals surface area (Å²) in [7, 11) is 1.91. The second kappa shape index (κ2) is 6.65. The highest BCUT2D eigenvalue weighted by Crippen LogP contribution is 2.30. The third kappa shape index (κ3) is 3.37. The Morgan fingerprint density at radius 3 is 2.80 bits per heavy atom. The molecule has 0 atom stereocenters. The van der Waals surface area contributed by atoms with Crippen molar-refractivity contribution in [2.24, 2.45) is 0 Å². The maximum absolute atomic E-state index is 11.5. The standard InChI is InChI=1S/C14H14BrNO2S2/c1-16(7-9-6-12(15)20-8-9)10-4-3-5-11(19-2)13(10)14(17)18/h3-6,8H,7H2,1-2H3,(H,17,18). The average molecular weight is 372 g/mol. The van der Waals surface area contributed by atoms with E-state index in [0.29, 0.717) is 12.1 Å². The Hall–Kier alpha value is -0.980. The maximum atomic E-state index is 11.5. The predicted octanol–water partition coefficient (Wildman–Crippen LogP) is 4.57. The molecular formula is C14H14BrNO2S2. The van der Waals surface area contributed by atoms with Crippen molar-refractivity contribution in [2.45, 2.75) is 11.4 Å². The summed E-state index contributed by atoms with van der Waals surface area (Å²) in [5.41, 5.74) is 2.28. The van der Waals surface area contributed by atoms with Crippen molar-refractivity contribution < 1.29 is 9.90 Å². The number of carbonyl (C=O) groups is 1. The number of carboxylic acids is 1. The molecule has 0 fully saturated rings. The molecule has 0 unspecified atom stereocenters. The van der Waals surface area contributed by atoms with Crippen LogP contribution in [0, 0.1) is 0 Å². The molecule has 3 nitrogen and oxygen atoms in total. The molecule has 6 heteroatoms. The Balaban J connectivity index is 2.34. The second-order valence-electron chi connectivity index (χ2n) is 4.27. The number of thiophene rings is 1. The van der Waals surface area contributed by atoms with E-state index in [4.69, 9.17) is 0 Å². The molecule has 1 aromatic carbocycles. The van der Waals surface area contributed by atoms with Gasteiger partial charge in [0.25, 0.3) is 0 Å². The van der Waals surface area contributed by atoms with Crippen molar-refractivity contribution in [1.29, 1.82) is 0 Å². The van der Waals surface area contributed by atoms with Crippen LogP contribution >= 0.6 is 39.0 Å². The molecule has 0 saturated carbocycles. The molecule has 2 aromatic rings. The Morgan fingerprint density at radius 2 is 2.25 bits per heavy atom. The lowest BCUT2D eigenvalue weighted by Gasteiger charge is -2.22. The zero-order valence-electron chi connectivity index (χ0n) is 11.1. The quantitative estimate of drug-likeness (QED) is 0.781. The molecule has 106 valence electrons. The lowest BCUT2D eigenvalue weighted by Crippen LogP contribution is -2.19. The van der Waals surface area contributed by atoms with Crippen LogP contribution in [-0.2, 0) is 6.54 Å². The van der Waals surface area contributed by atoms with Gasteiger partial charge in [-0.15, -0.1) is 23.1 Å². The minimum atomic E-state index is -0.886. The topological polar surface area (TPSA) is 40.5 Å². The molecule has 1 heterocycles. The lowest BCUT2D eigenvalue weighted by molar-refractivity contribution is 0.0694. The highest BCUT2D eigenvalue weighted by molar-refractivity contribution is 9.11. The Morgan fingerprint density at radius 1 is 1.50 bits per heavy atom. The monoisotopic (exact) mass is 371 g/mol. The van der Waals surface area contributed by atoms with Crippen LogP contribution in [0.15, 0.2) is 38.3 Å². The van der Waals surface area contributed by atoms with Crippen molar-refractivity contribution in [3.05, 3.63) is 44.6 Å². The number of carboxylic acid groups (broad SMARTS) is 1. The van der Waals surface area contributed by atoms with Crippen LogP contribution in [0.2, 0.25) is 0 Å². The summed E-state index contributed by atoms with van der Waals surface area (Å²) in [6, 6.07) is 7.64. The van der Waals surface area contributed by atoms with Gasteiger partial charge in [-0.1, -0.05) is 6.07 Å². The molecule has 2 rings (SSSR count). The van der Waals surface area contributed by atoms with Gasteiger partial charge in [0, 0.05) is 18.5 Å². The molecular weight excluding hydrogens is 358 g/mol. The van der Waals surface area contributed by atoms with Gasteiger partial charge in [-0.25, -0.2) is 4.79 Å². The van der Waals surface area contributed by atoms with E-state index >= 15 is 0 Å². The SMILES string of the molecule is CSc1cccc(N(C)Cc2csc(Br)c2)c1C(=O)O. The molecule has 0 aliphatic carbocycles. The van der Waals surface area contributed by atoms with E-state index in [9.17, 15) is 9.90 Å². The predicted molar refractivity (Wildman–Crippen MR) is 89.3 cm³/mol. The summed E-state index contributed by atoms with van der Waals surface area (Å²) in [4.78, 5) is 14.3. The summed E-state index contributed by atoms with van der Waals surface area (Å²) >= 11 is 6.52. The van der Waals surface area contributed by atoms with E-state index < -0.39 is 5.97 Å². The fourth-order valence-corrected chi connectivity index (χ4v) is 3.82. The number of benzene rings is 1. The highest BCUT2D eigenvalue weighted by atomic mass is 79.9. The normalized spacial score (nSPS) is 10.6. The molecule has 0 saturated heterocycles. The first-order valence-electron chi connectivity index (χ1n) is 5.87. The number of rotatable bonds is 5. The molecule has 0 radical (unpaired) electrons. The van der Waals surface area contributed by atoms with Gasteiger partial charge in [-0.3, -0.25) is 0 Å². The van der Waals surface area contributed by atoms with Gasteiger partial charge in [0.15, 0.2) is 0 Å². The van der Waals surface area contributed by atoms with Crippen molar-refractivity contribution in [1.82, 2.24) is 0 Å². The summed E-state index contributed by atoms with van der Waals surface area (Å²) in [6.07, 6.45) is 1.89. The highest BCUT2D eigenvalue weighted by Gasteiger charge is 2.18. The number of hydrogen-bond donors (Lipinski definition) is 1. The minimum Gasteiger partial charge on any atom is -0.478 e. The number of halogens is 1. The molecule has 0 aliphatic rings. The van der Waals surface area contributed by atoms with Crippen LogP contribution in [0.3, 0.4) is 0 Å². The zero-order chi connectivity index (χ0) is 14.7. The number of aromatic carboxylic acids is 1. The Bertz CT molecular complexity index is 627. The van der Waals surface area contributed by atoms with E-state index in [1.54, 1.807) is 11.3 Å². The third-order valence-corrected chi connectivity index (χ3v) is 5.22. The second-order valence-corrected chi connectivity index (χ2v) is 7.41. The number of anilines is 1. The molecule has 0 spiro atoms. The van der Waals surface area contributed by atoms with Crippen molar-refractivity contribution >= 4 is 50.7 Å². The van der Waals surface area contributed by atoms with E-state index in [2.05, 4.69) is 27.4 Å². The first-order chi connectivity index (χ1) is 9.52. The van der Waals surface area contributed by atoms with Gasteiger partial charge in [0.2, 0.25) is 0 Å². The first-order valence-corrected chi connectivity index (χ1v) is 8.77. The van der Waals surface area contributed by atoms with Crippen molar-refractivity contribution in [2.75, 3.05) is 18.2 Å². The molecule has 1 N–H and O–H groups in total. The van der Waals surface area contributed by atoms with E-state index in [1.165, 1.54) is 11.8 Å². The van der Waals surface area contributed by atoms with Crippen LogP contribution in [-0.4, -0.2) is 24.4 Å². The fourth-order valence-electron chi connectivity index (χ4n) is 2.01. The summed E-state index contributed by atoms with van der Waals surface area (Å²) < 4.78 is 1.08. The summed E-state index contributed by atoms with van der Waals surface area (Å²) in [6.45, 7) is 0.681. The van der Waals surface area contributed by atoms with Crippen LogP contribution in [0.1, 0.15) is 15.9 Å². The Labute approximate surface area is 134 Å².